The van der Waals surface area contributed by atoms with Gasteiger partial charge in [-0.2, -0.15) is 0 Å². The maximum Gasteiger partial charge on any atom is 0.339 e. The highest BCUT2D eigenvalue weighted by atomic mass is 32.2. The van der Waals surface area contributed by atoms with E-state index < -0.39 is 17.4 Å². The van der Waals surface area contributed by atoms with Gasteiger partial charge in [0.1, 0.15) is 6.04 Å². The molecule has 23 heavy (non-hydrogen) atoms. The number of rotatable bonds is 4. The molecule has 7 nitrogen and oxygen atoms in total. The van der Waals surface area contributed by atoms with E-state index in [-0.39, 0.29) is 18.4 Å². The summed E-state index contributed by atoms with van der Waals surface area (Å²) >= 11 is 1.28. The van der Waals surface area contributed by atoms with Crippen molar-refractivity contribution >= 4 is 29.5 Å². The Morgan fingerprint density at radius 3 is 2.96 bits per heavy atom. The lowest BCUT2D eigenvalue weighted by atomic mass is 10.1. The predicted molar refractivity (Wildman–Crippen MR) is 83.4 cm³/mol. The predicted octanol–water partition coefficient (Wildman–Crippen LogP) is -0.0906. The van der Waals surface area contributed by atoms with E-state index in [1.807, 2.05) is 18.2 Å². The monoisotopic (exact) mass is 335 g/mol. The van der Waals surface area contributed by atoms with E-state index in [0.717, 1.165) is 5.69 Å². The molecular formula is C15H17N3O4S. The third kappa shape index (κ3) is 3.03. The van der Waals surface area contributed by atoms with Crippen LogP contribution in [0, 0.1) is 0 Å². The molecule has 0 saturated carbocycles. The van der Waals surface area contributed by atoms with E-state index in [1.54, 1.807) is 11.1 Å². The molecule has 2 aliphatic heterocycles. The molecule has 0 aliphatic carbocycles. The number of aromatic nitrogens is 1. The van der Waals surface area contributed by atoms with Crippen molar-refractivity contribution in [2.24, 2.45) is 0 Å². The zero-order valence-corrected chi connectivity index (χ0v) is 13.5. The van der Waals surface area contributed by atoms with Crippen LogP contribution in [0.2, 0.25) is 0 Å². The van der Waals surface area contributed by atoms with Crippen molar-refractivity contribution < 1.29 is 19.1 Å². The Bertz CT molecular complexity index is 624. The highest BCUT2D eigenvalue weighted by Crippen LogP contribution is 2.33. The smallest absolute Gasteiger partial charge is 0.339 e. The van der Waals surface area contributed by atoms with E-state index in [1.165, 1.54) is 23.8 Å². The topological polar surface area (TPSA) is 79.8 Å². The first-order valence-corrected chi connectivity index (χ1v) is 8.36. The third-order valence-electron chi connectivity index (χ3n) is 3.98. The van der Waals surface area contributed by atoms with Crippen molar-refractivity contribution in [1.29, 1.82) is 0 Å². The fourth-order valence-electron chi connectivity index (χ4n) is 2.80. The molecule has 2 aliphatic rings. The summed E-state index contributed by atoms with van der Waals surface area (Å²) in [6.07, 6.45) is 2.30. The molecule has 0 bridgehead atoms. The zero-order chi connectivity index (χ0) is 16.4. The molecule has 0 spiro atoms. The van der Waals surface area contributed by atoms with Crippen LogP contribution < -0.4 is 0 Å². The summed E-state index contributed by atoms with van der Waals surface area (Å²) in [7, 11) is 1.28. The number of piperazine rings is 1. The van der Waals surface area contributed by atoms with Crippen LogP contribution in [-0.2, 0) is 25.5 Å². The molecule has 8 heteroatoms. The largest absolute Gasteiger partial charge is 0.467 e. The number of carbonyl (C=O) groups excluding carboxylic acids is 3. The number of amides is 2. The highest BCUT2D eigenvalue weighted by Gasteiger charge is 2.50. The summed E-state index contributed by atoms with van der Waals surface area (Å²) < 4.78 is 4.71. The first-order valence-electron chi connectivity index (χ1n) is 7.31. The van der Waals surface area contributed by atoms with Gasteiger partial charge >= 0.3 is 5.97 Å². The zero-order valence-electron chi connectivity index (χ0n) is 12.7. The van der Waals surface area contributed by atoms with E-state index in [4.69, 9.17) is 4.74 Å². The Hall–Kier alpha value is -2.09. The second kappa shape index (κ2) is 6.57. The van der Waals surface area contributed by atoms with Gasteiger partial charge in [-0.05, 0) is 12.1 Å². The van der Waals surface area contributed by atoms with Crippen LogP contribution in [0.5, 0.6) is 0 Å². The van der Waals surface area contributed by atoms with Crippen molar-refractivity contribution in [1.82, 2.24) is 14.8 Å². The molecule has 2 amide bonds. The molecule has 2 saturated heterocycles. The van der Waals surface area contributed by atoms with Crippen molar-refractivity contribution in [3.05, 3.63) is 30.1 Å². The van der Waals surface area contributed by atoms with E-state index in [2.05, 4.69) is 4.98 Å². The first-order chi connectivity index (χ1) is 11.1. The minimum Gasteiger partial charge on any atom is -0.467 e. The molecule has 0 aromatic carbocycles. The summed E-state index contributed by atoms with van der Waals surface area (Å²) in [4.78, 5) is 43.8. The van der Waals surface area contributed by atoms with Crippen LogP contribution in [-0.4, -0.2) is 69.9 Å². The molecule has 3 rings (SSSR count). The van der Waals surface area contributed by atoms with E-state index >= 15 is 0 Å². The molecule has 2 fully saturated rings. The number of nitrogens with zero attached hydrogens (tertiary/aromatic N) is 3. The number of hydrogen-bond donors (Lipinski definition) is 0. The number of esters is 1. The van der Waals surface area contributed by atoms with Crippen molar-refractivity contribution in [3.8, 4) is 0 Å². The van der Waals surface area contributed by atoms with Gasteiger partial charge in [-0.3, -0.25) is 14.6 Å². The van der Waals surface area contributed by atoms with E-state index in [9.17, 15) is 14.4 Å². The second-order valence-corrected chi connectivity index (χ2v) is 6.47. The normalized spacial score (nSPS) is 23.9. The SMILES string of the molecule is COC(=O)[C@H]1SC[C@@H]2C(=O)N(CCc3ccccn3)CC(=O)N21. The maximum atomic E-state index is 12.6. The standard InChI is InChI=1S/C15H17N3O4S/c1-22-15(21)14-18-11(9-23-14)13(20)17(8-12(18)19)7-5-10-4-2-3-6-16-10/h2-4,6,11,14H,5,7-9H2,1H3/t11-,14-/m1/s1. The molecule has 0 unspecified atom stereocenters. The molecule has 0 N–H and O–H groups in total. The van der Waals surface area contributed by atoms with Crippen LogP contribution in [0.15, 0.2) is 24.4 Å². The minimum absolute atomic E-state index is 0.00375. The average molecular weight is 335 g/mol. The molecule has 1 aromatic rings. The van der Waals surface area contributed by atoms with Crippen molar-refractivity contribution in [2.45, 2.75) is 17.8 Å². The van der Waals surface area contributed by atoms with Crippen molar-refractivity contribution in [2.75, 3.05) is 26.0 Å². The summed E-state index contributed by atoms with van der Waals surface area (Å²) in [5.74, 6) is -0.388. The first kappa shape index (κ1) is 15.8. The maximum absolute atomic E-state index is 12.6. The van der Waals surface area contributed by atoms with Gasteiger partial charge in [-0.15, -0.1) is 11.8 Å². The van der Waals surface area contributed by atoms with Gasteiger partial charge in [-0.1, -0.05) is 6.07 Å². The summed E-state index contributed by atoms with van der Waals surface area (Å²) in [5, 5.41) is -0.709. The van der Waals surface area contributed by atoms with Crippen LogP contribution >= 0.6 is 11.8 Å². The van der Waals surface area contributed by atoms with E-state index in [0.29, 0.717) is 18.7 Å². The summed E-state index contributed by atoms with van der Waals surface area (Å²) in [6.45, 7) is 0.440. The molecule has 122 valence electrons. The van der Waals surface area contributed by atoms with Gasteiger partial charge in [0.05, 0.1) is 13.7 Å². The number of methoxy groups -OCH3 is 1. The van der Waals surface area contributed by atoms with Crippen molar-refractivity contribution in [3.63, 3.8) is 0 Å². The number of fused-ring (bicyclic) bond motifs is 1. The highest BCUT2D eigenvalue weighted by molar-refractivity contribution is 8.00. The Morgan fingerprint density at radius 1 is 1.43 bits per heavy atom. The Kier molecular flexibility index (Phi) is 4.51. The average Bonchev–Trinajstić information content (AvgIpc) is 3.03. The Labute approximate surface area is 138 Å². The fraction of sp³-hybridized carbons (Fsp3) is 0.467. The number of carbonyl (C=O) groups is 3. The van der Waals surface area contributed by atoms with Gasteiger partial charge < -0.3 is 14.5 Å². The van der Waals surface area contributed by atoms with Gasteiger partial charge in [0, 0.05) is 30.6 Å². The molecule has 0 radical (unpaired) electrons. The molecule has 1 aromatic heterocycles. The fourth-order valence-corrected chi connectivity index (χ4v) is 4.13. The number of ether oxygens (including phenoxy) is 1. The molecular weight excluding hydrogens is 318 g/mol. The van der Waals surface area contributed by atoms with Crippen LogP contribution in [0.4, 0.5) is 0 Å². The van der Waals surface area contributed by atoms with Gasteiger partial charge in [0.2, 0.25) is 11.8 Å². The van der Waals surface area contributed by atoms with Gasteiger partial charge in [-0.25, -0.2) is 4.79 Å². The lowest BCUT2D eigenvalue weighted by Gasteiger charge is -2.37. The minimum atomic E-state index is -0.709. The molecule has 2 atom stereocenters. The number of thioether (sulfide) groups is 1. The molecule has 3 heterocycles. The lowest BCUT2D eigenvalue weighted by molar-refractivity contribution is -0.159. The summed E-state index contributed by atoms with van der Waals surface area (Å²) in [5.41, 5.74) is 0.878. The van der Waals surface area contributed by atoms with Gasteiger partial charge in [0.15, 0.2) is 5.37 Å². The Balaban J connectivity index is 1.68. The van der Waals surface area contributed by atoms with Gasteiger partial charge in [0.25, 0.3) is 0 Å². The Morgan fingerprint density at radius 2 is 2.26 bits per heavy atom. The lowest BCUT2D eigenvalue weighted by Crippen LogP contribution is -2.61. The van der Waals surface area contributed by atoms with Crippen LogP contribution in [0.25, 0.3) is 0 Å². The summed E-state index contributed by atoms with van der Waals surface area (Å²) in [6, 6.07) is 5.04. The third-order valence-corrected chi connectivity index (χ3v) is 5.22. The number of pyridine rings is 1. The van der Waals surface area contributed by atoms with Crippen LogP contribution in [0.3, 0.4) is 0 Å². The second-order valence-electron chi connectivity index (χ2n) is 5.36. The van der Waals surface area contributed by atoms with Crippen LogP contribution in [0.1, 0.15) is 5.69 Å². The quantitative estimate of drug-likeness (QED) is 0.716. The number of hydrogen-bond acceptors (Lipinski definition) is 6.